The number of aryl methyl sites for hydroxylation is 1. The molecule has 21 heavy (non-hydrogen) atoms. The molecule has 0 aliphatic rings. The van der Waals surface area contributed by atoms with Gasteiger partial charge >= 0.3 is 0 Å². The molecule has 1 atom stereocenters. The molecule has 0 aliphatic carbocycles. The van der Waals surface area contributed by atoms with Crippen molar-refractivity contribution in [3.8, 4) is 11.5 Å². The van der Waals surface area contributed by atoms with E-state index in [0.717, 1.165) is 11.3 Å². The molecule has 1 heterocycles. The highest BCUT2D eigenvalue weighted by Crippen LogP contribution is 2.16. The molecule has 1 aromatic heterocycles. The number of nitrogens with zero attached hydrogens (tertiary/aromatic N) is 2. The molecule has 2 aromatic rings. The van der Waals surface area contributed by atoms with Crippen LogP contribution in [0.3, 0.4) is 0 Å². The molecule has 6 heteroatoms. The average Bonchev–Trinajstić information content (AvgIpc) is 2.91. The van der Waals surface area contributed by atoms with Crippen molar-refractivity contribution in [2.75, 3.05) is 20.3 Å². The maximum Gasteiger partial charge on any atom is 0.119 e. The topological polar surface area (TPSA) is 68.5 Å². The quantitative estimate of drug-likeness (QED) is 0.758. The third kappa shape index (κ3) is 5.09. The molecule has 114 valence electrons. The third-order valence-corrected chi connectivity index (χ3v) is 2.97. The van der Waals surface area contributed by atoms with Crippen LogP contribution < -0.4 is 14.8 Å². The highest BCUT2D eigenvalue weighted by molar-refractivity contribution is 5.31. The summed E-state index contributed by atoms with van der Waals surface area (Å²) in [6.45, 7) is 1.38. The first-order valence-electron chi connectivity index (χ1n) is 6.80. The Kier molecular flexibility index (Phi) is 5.59. The SMILES string of the molecule is COc1ccc(OCC(O)CNCc2cnn(C)c2)cc1. The number of aliphatic hydroxyl groups is 1. The van der Waals surface area contributed by atoms with Gasteiger partial charge in [0.15, 0.2) is 0 Å². The Morgan fingerprint density at radius 2 is 2.00 bits per heavy atom. The lowest BCUT2D eigenvalue weighted by Gasteiger charge is -2.13. The average molecular weight is 291 g/mol. The molecule has 1 unspecified atom stereocenters. The summed E-state index contributed by atoms with van der Waals surface area (Å²) in [6.07, 6.45) is 3.17. The van der Waals surface area contributed by atoms with Crippen molar-refractivity contribution in [3.63, 3.8) is 0 Å². The lowest BCUT2D eigenvalue weighted by molar-refractivity contribution is 0.106. The van der Waals surface area contributed by atoms with E-state index >= 15 is 0 Å². The van der Waals surface area contributed by atoms with Crippen molar-refractivity contribution in [3.05, 3.63) is 42.2 Å². The van der Waals surface area contributed by atoms with Gasteiger partial charge in [0, 0.05) is 31.9 Å². The molecule has 2 rings (SSSR count). The first-order valence-corrected chi connectivity index (χ1v) is 6.80. The Hall–Kier alpha value is -2.05. The fourth-order valence-corrected chi connectivity index (χ4v) is 1.87. The van der Waals surface area contributed by atoms with Crippen molar-refractivity contribution in [1.29, 1.82) is 0 Å². The molecule has 0 aliphatic heterocycles. The van der Waals surface area contributed by atoms with E-state index in [1.165, 1.54) is 0 Å². The van der Waals surface area contributed by atoms with E-state index in [2.05, 4.69) is 10.4 Å². The summed E-state index contributed by atoms with van der Waals surface area (Å²) >= 11 is 0. The maximum atomic E-state index is 9.86. The van der Waals surface area contributed by atoms with Crippen LogP contribution in [0.2, 0.25) is 0 Å². The minimum atomic E-state index is -0.566. The Labute approximate surface area is 124 Å². The maximum absolute atomic E-state index is 9.86. The molecule has 0 amide bonds. The summed E-state index contributed by atoms with van der Waals surface area (Å²) in [5.74, 6) is 1.49. The summed E-state index contributed by atoms with van der Waals surface area (Å²) in [5, 5.41) is 17.1. The summed E-state index contributed by atoms with van der Waals surface area (Å²) in [7, 11) is 3.49. The highest BCUT2D eigenvalue weighted by Gasteiger charge is 2.05. The van der Waals surface area contributed by atoms with Crippen LogP contribution in [0.1, 0.15) is 5.56 Å². The number of benzene rings is 1. The van der Waals surface area contributed by atoms with E-state index < -0.39 is 6.10 Å². The van der Waals surface area contributed by atoms with E-state index in [1.54, 1.807) is 18.0 Å². The standard InChI is InChI=1S/C15H21N3O3/c1-18-10-12(8-17-18)7-16-9-13(19)11-21-15-5-3-14(20-2)4-6-15/h3-6,8,10,13,16,19H,7,9,11H2,1-2H3. The van der Waals surface area contributed by atoms with Gasteiger partial charge in [-0.25, -0.2) is 0 Å². The van der Waals surface area contributed by atoms with Crippen LogP contribution in [-0.2, 0) is 13.6 Å². The second-order valence-electron chi connectivity index (χ2n) is 4.79. The molecular weight excluding hydrogens is 270 g/mol. The van der Waals surface area contributed by atoms with Crippen molar-refractivity contribution >= 4 is 0 Å². The van der Waals surface area contributed by atoms with E-state index in [0.29, 0.717) is 18.8 Å². The number of nitrogens with one attached hydrogen (secondary N) is 1. The van der Waals surface area contributed by atoms with Gasteiger partial charge in [-0.05, 0) is 24.3 Å². The molecule has 2 N–H and O–H groups in total. The van der Waals surface area contributed by atoms with Gasteiger partial charge in [-0.3, -0.25) is 4.68 Å². The Balaban J connectivity index is 1.65. The van der Waals surface area contributed by atoms with Gasteiger partial charge in [0.25, 0.3) is 0 Å². The highest BCUT2D eigenvalue weighted by atomic mass is 16.5. The normalized spacial score (nSPS) is 12.1. The molecule has 1 aromatic carbocycles. The second kappa shape index (κ2) is 7.66. The Bertz CT molecular complexity index is 539. The summed E-state index contributed by atoms with van der Waals surface area (Å²) in [5.41, 5.74) is 1.08. The van der Waals surface area contributed by atoms with Crippen molar-refractivity contribution in [2.24, 2.45) is 7.05 Å². The fourth-order valence-electron chi connectivity index (χ4n) is 1.87. The van der Waals surface area contributed by atoms with E-state index in [9.17, 15) is 5.11 Å². The van der Waals surface area contributed by atoms with E-state index in [-0.39, 0.29) is 6.61 Å². The molecular formula is C15H21N3O3. The van der Waals surface area contributed by atoms with Crippen LogP contribution >= 0.6 is 0 Å². The van der Waals surface area contributed by atoms with Crippen LogP contribution in [0.4, 0.5) is 0 Å². The van der Waals surface area contributed by atoms with Gasteiger partial charge in [-0.1, -0.05) is 0 Å². The molecule has 6 nitrogen and oxygen atoms in total. The van der Waals surface area contributed by atoms with Crippen molar-refractivity contribution in [2.45, 2.75) is 12.6 Å². The van der Waals surface area contributed by atoms with Gasteiger partial charge in [0.1, 0.15) is 24.2 Å². The summed E-state index contributed by atoms with van der Waals surface area (Å²) in [4.78, 5) is 0. The number of ether oxygens (including phenoxy) is 2. The summed E-state index contributed by atoms with van der Waals surface area (Å²) in [6, 6.07) is 7.27. The molecule has 0 saturated carbocycles. The van der Waals surface area contributed by atoms with Crippen LogP contribution in [0.5, 0.6) is 11.5 Å². The van der Waals surface area contributed by atoms with Gasteiger partial charge in [0.05, 0.1) is 13.3 Å². The van der Waals surface area contributed by atoms with E-state index in [1.807, 2.05) is 37.5 Å². The number of rotatable bonds is 8. The molecule has 0 fully saturated rings. The smallest absolute Gasteiger partial charge is 0.119 e. The first kappa shape index (κ1) is 15.3. The van der Waals surface area contributed by atoms with Gasteiger partial charge in [-0.15, -0.1) is 0 Å². The molecule has 0 bridgehead atoms. The van der Waals surface area contributed by atoms with Gasteiger partial charge < -0.3 is 19.9 Å². The lowest BCUT2D eigenvalue weighted by Crippen LogP contribution is -2.31. The lowest BCUT2D eigenvalue weighted by atomic mass is 10.3. The zero-order valence-corrected chi connectivity index (χ0v) is 12.3. The van der Waals surface area contributed by atoms with Crippen molar-refractivity contribution in [1.82, 2.24) is 15.1 Å². The monoisotopic (exact) mass is 291 g/mol. The second-order valence-corrected chi connectivity index (χ2v) is 4.79. The zero-order valence-electron chi connectivity index (χ0n) is 12.3. The van der Waals surface area contributed by atoms with Crippen LogP contribution in [0.25, 0.3) is 0 Å². The van der Waals surface area contributed by atoms with Gasteiger partial charge in [-0.2, -0.15) is 5.10 Å². The van der Waals surface area contributed by atoms with Crippen LogP contribution in [-0.4, -0.2) is 41.3 Å². The van der Waals surface area contributed by atoms with E-state index in [4.69, 9.17) is 9.47 Å². The predicted molar refractivity (Wildman–Crippen MR) is 79.4 cm³/mol. The number of methoxy groups -OCH3 is 1. The van der Waals surface area contributed by atoms with Crippen molar-refractivity contribution < 1.29 is 14.6 Å². The Morgan fingerprint density at radius 3 is 2.62 bits per heavy atom. The zero-order chi connectivity index (χ0) is 15.1. The Morgan fingerprint density at radius 1 is 1.29 bits per heavy atom. The summed E-state index contributed by atoms with van der Waals surface area (Å²) < 4.78 is 12.3. The number of hydrogen-bond acceptors (Lipinski definition) is 5. The van der Waals surface area contributed by atoms with Crippen LogP contribution in [0, 0.1) is 0 Å². The minimum Gasteiger partial charge on any atom is -0.497 e. The molecule has 0 spiro atoms. The third-order valence-electron chi connectivity index (χ3n) is 2.97. The number of hydrogen-bond donors (Lipinski definition) is 2. The minimum absolute atomic E-state index is 0.242. The van der Waals surface area contributed by atoms with Gasteiger partial charge in [0.2, 0.25) is 0 Å². The first-order chi connectivity index (χ1) is 10.2. The largest absolute Gasteiger partial charge is 0.497 e. The number of aliphatic hydroxyl groups excluding tert-OH is 1. The predicted octanol–water partition coefficient (Wildman–Crippen LogP) is 0.958. The fraction of sp³-hybridized carbons (Fsp3) is 0.400. The molecule has 0 saturated heterocycles. The number of aromatic nitrogens is 2. The molecule has 0 radical (unpaired) electrons. The van der Waals surface area contributed by atoms with Crippen LogP contribution in [0.15, 0.2) is 36.7 Å².